The summed E-state index contributed by atoms with van der Waals surface area (Å²) in [6, 6.07) is 3.45. The fourth-order valence-corrected chi connectivity index (χ4v) is 2.18. The Kier molecular flexibility index (Phi) is 8.21. The summed E-state index contributed by atoms with van der Waals surface area (Å²) in [7, 11) is 2.48. The van der Waals surface area contributed by atoms with Gasteiger partial charge < -0.3 is 19.1 Å². The third-order valence-electron chi connectivity index (χ3n) is 3.49. The average molecular weight is 372 g/mol. The maximum atomic E-state index is 12.3. The molecule has 0 aromatic heterocycles. The van der Waals surface area contributed by atoms with Gasteiger partial charge in [-0.05, 0) is 37.1 Å². The summed E-state index contributed by atoms with van der Waals surface area (Å²) in [6.07, 6.45) is -0.0294. The average Bonchev–Trinajstić information content (AvgIpc) is 2.60. The van der Waals surface area contributed by atoms with E-state index in [4.69, 9.17) is 16.3 Å². The number of nitrogens with zero attached hydrogens (tertiary/aromatic N) is 1. The van der Waals surface area contributed by atoms with Crippen LogP contribution in [0.4, 0.5) is 0 Å². The van der Waals surface area contributed by atoms with Crippen molar-refractivity contribution in [2.24, 2.45) is 0 Å². The first-order chi connectivity index (χ1) is 11.8. The third kappa shape index (κ3) is 6.62. The van der Waals surface area contributed by atoms with Crippen molar-refractivity contribution in [3.8, 4) is 5.75 Å². The highest BCUT2D eigenvalue weighted by molar-refractivity contribution is 6.32. The molecule has 1 aromatic carbocycles. The number of carbonyl (C=O) groups is 3. The second kappa shape index (κ2) is 9.88. The SMILES string of the molecule is COC(=O)CCN(CC(=O)OC)C(=O)COc1cc(C)c(Cl)c(C)c1. The molecule has 1 aromatic rings. The highest BCUT2D eigenvalue weighted by Crippen LogP contribution is 2.25. The van der Waals surface area contributed by atoms with Crippen LogP contribution in [-0.2, 0) is 23.9 Å². The normalized spacial score (nSPS) is 10.1. The molecule has 0 spiro atoms. The Morgan fingerprint density at radius 1 is 1.04 bits per heavy atom. The number of aryl methyl sites for hydroxylation is 2. The Bertz CT molecular complexity index is 623. The zero-order valence-electron chi connectivity index (χ0n) is 14.8. The zero-order valence-corrected chi connectivity index (χ0v) is 15.5. The summed E-state index contributed by atoms with van der Waals surface area (Å²) >= 11 is 6.09. The molecule has 8 heteroatoms. The fraction of sp³-hybridized carbons (Fsp3) is 0.471. The topological polar surface area (TPSA) is 82.1 Å². The number of benzene rings is 1. The van der Waals surface area contributed by atoms with Gasteiger partial charge in [-0.2, -0.15) is 0 Å². The van der Waals surface area contributed by atoms with Crippen molar-refractivity contribution in [2.75, 3.05) is 33.9 Å². The van der Waals surface area contributed by atoms with Gasteiger partial charge in [-0.3, -0.25) is 14.4 Å². The molecule has 25 heavy (non-hydrogen) atoms. The summed E-state index contributed by atoms with van der Waals surface area (Å²) in [4.78, 5) is 36.2. The molecule has 1 rings (SSSR count). The minimum atomic E-state index is -0.587. The molecule has 0 fully saturated rings. The second-order valence-corrected chi connectivity index (χ2v) is 5.76. The van der Waals surface area contributed by atoms with Crippen LogP contribution in [0.3, 0.4) is 0 Å². The van der Waals surface area contributed by atoms with Gasteiger partial charge in [0.1, 0.15) is 12.3 Å². The van der Waals surface area contributed by atoms with Crippen LogP contribution in [0.25, 0.3) is 0 Å². The Labute approximate surface area is 151 Å². The Hall–Kier alpha value is -2.28. The molecule has 0 heterocycles. The van der Waals surface area contributed by atoms with Crippen molar-refractivity contribution in [1.29, 1.82) is 0 Å². The molecule has 0 radical (unpaired) electrons. The van der Waals surface area contributed by atoms with Crippen LogP contribution in [0.5, 0.6) is 5.75 Å². The van der Waals surface area contributed by atoms with Gasteiger partial charge in [0, 0.05) is 11.6 Å². The van der Waals surface area contributed by atoms with E-state index in [1.807, 2.05) is 13.8 Å². The number of methoxy groups -OCH3 is 2. The lowest BCUT2D eigenvalue weighted by atomic mass is 10.1. The second-order valence-electron chi connectivity index (χ2n) is 5.38. The predicted octanol–water partition coefficient (Wildman–Crippen LogP) is 1.90. The van der Waals surface area contributed by atoms with E-state index in [0.717, 1.165) is 11.1 Å². The number of hydrogen-bond acceptors (Lipinski definition) is 6. The molecule has 0 saturated heterocycles. The van der Waals surface area contributed by atoms with E-state index in [9.17, 15) is 14.4 Å². The molecular weight excluding hydrogens is 350 g/mol. The largest absolute Gasteiger partial charge is 0.484 e. The molecule has 0 unspecified atom stereocenters. The van der Waals surface area contributed by atoms with Crippen LogP contribution >= 0.6 is 11.6 Å². The van der Waals surface area contributed by atoms with Crippen molar-refractivity contribution in [3.63, 3.8) is 0 Å². The molecule has 0 saturated carbocycles. The summed E-state index contributed by atoms with van der Waals surface area (Å²) in [5.74, 6) is -1.01. The highest BCUT2D eigenvalue weighted by atomic mass is 35.5. The van der Waals surface area contributed by atoms with Gasteiger partial charge in [-0.1, -0.05) is 11.6 Å². The molecule has 0 atom stereocenters. The Morgan fingerprint density at radius 3 is 2.12 bits per heavy atom. The standard InChI is InChI=1S/C17H22ClNO6/c1-11-7-13(8-12(2)17(11)18)25-10-14(20)19(9-16(22)24-4)6-5-15(21)23-3/h7-8H,5-6,9-10H2,1-4H3. The molecule has 0 N–H and O–H groups in total. The highest BCUT2D eigenvalue weighted by Gasteiger charge is 2.19. The predicted molar refractivity (Wildman–Crippen MR) is 91.7 cm³/mol. The van der Waals surface area contributed by atoms with E-state index in [-0.39, 0.29) is 26.1 Å². The molecule has 7 nitrogen and oxygen atoms in total. The number of rotatable bonds is 8. The van der Waals surface area contributed by atoms with E-state index < -0.39 is 17.8 Å². The zero-order chi connectivity index (χ0) is 19.0. The quantitative estimate of drug-likeness (QED) is 0.649. The Morgan fingerprint density at radius 2 is 1.60 bits per heavy atom. The van der Waals surface area contributed by atoms with E-state index in [1.54, 1.807) is 12.1 Å². The van der Waals surface area contributed by atoms with Crippen molar-refractivity contribution >= 4 is 29.4 Å². The lowest BCUT2D eigenvalue weighted by Gasteiger charge is -2.21. The van der Waals surface area contributed by atoms with Crippen molar-refractivity contribution < 1.29 is 28.6 Å². The van der Waals surface area contributed by atoms with Gasteiger partial charge >= 0.3 is 11.9 Å². The molecular formula is C17H22ClNO6. The number of hydrogen-bond donors (Lipinski definition) is 0. The van der Waals surface area contributed by atoms with E-state index in [2.05, 4.69) is 9.47 Å². The van der Waals surface area contributed by atoms with Crippen molar-refractivity contribution in [2.45, 2.75) is 20.3 Å². The van der Waals surface area contributed by atoms with Crippen LogP contribution in [0.15, 0.2) is 12.1 Å². The van der Waals surface area contributed by atoms with Crippen LogP contribution in [0, 0.1) is 13.8 Å². The van der Waals surface area contributed by atoms with Gasteiger partial charge in [0.15, 0.2) is 6.61 Å². The van der Waals surface area contributed by atoms with Gasteiger partial charge in [0.25, 0.3) is 5.91 Å². The minimum Gasteiger partial charge on any atom is -0.484 e. The first-order valence-electron chi connectivity index (χ1n) is 7.59. The van der Waals surface area contributed by atoms with Crippen LogP contribution < -0.4 is 4.74 Å². The number of carbonyl (C=O) groups excluding carboxylic acids is 3. The third-order valence-corrected chi connectivity index (χ3v) is 4.08. The van der Waals surface area contributed by atoms with Gasteiger partial charge in [0.05, 0.1) is 20.6 Å². The molecule has 0 aliphatic rings. The lowest BCUT2D eigenvalue weighted by Crippen LogP contribution is -2.40. The number of ether oxygens (including phenoxy) is 3. The van der Waals surface area contributed by atoms with Crippen LogP contribution in [0.1, 0.15) is 17.5 Å². The number of esters is 2. The molecule has 0 aliphatic carbocycles. The Balaban J connectivity index is 2.73. The van der Waals surface area contributed by atoms with E-state index in [1.165, 1.54) is 19.1 Å². The van der Waals surface area contributed by atoms with E-state index >= 15 is 0 Å². The summed E-state index contributed by atoms with van der Waals surface area (Å²) in [5, 5.41) is 0.643. The molecule has 0 bridgehead atoms. The first kappa shape index (κ1) is 20.8. The fourth-order valence-electron chi connectivity index (χ4n) is 2.07. The molecule has 138 valence electrons. The minimum absolute atomic E-state index is 0.0294. The summed E-state index contributed by atoms with van der Waals surface area (Å²) in [6.45, 7) is 3.16. The van der Waals surface area contributed by atoms with Gasteiger partial charge in [0.2, 0.25) is 0 Å². The smallest absolute Gasteiger partial charge is 0.325 e. The van der Waals surface area contributed by atoms with Crippen LogP contribution in [-0.4, -0.2) is 56.7 Å². The van der Waals surface area contributed by atoms with Crippen molar-refractivity contribution in [1.82, 2.24) is 4.90 Å². The maximum Gasteiger partial charge on any atom is 0.325 e. The summed E-state index contributed by atoms with van der Waals surface area (Å²) in [5.41, 5.74) is 1.67. The monoisotopic (exact) mass is 371 g/mol. The van der Waals surface area contributed by atoms with Crippen molar-refractivity contribution in [3.05, 3.63) is 28.3 Å². The number of amides is 1. The van der Waals surface area contributed by atoms with E-state index in [0.29, 0.717) is 10.8 Å². The number of halogens is 1. The first-order valence-corrected chi connectivity index (χ1v) is 7.97. The van der Waals surface area contributed by atoms with Crippen LogP contribution in [0.2, 0.25) is 5.02 Å². The maximum absolute atomic E-state index is 12.3. The molecule has 0 aliphatic heterocycles. The lowest BCUT2D eigenvalue weighted by molar-refractivity contribution is -0.149. The molecule has 1 amide bonds. The van der Waals surface area contributed by atoms with Gasteiger partial charge in [-0.15, -0.1) is 0 Å². The summed E-state index contributed by atoms with van der Waals surface area (Å²) < 4.78 is 14.6. The van der Waals surface area contributed by atoms with Gasteiger partial charge in [-0.25, -0.2) is 0 Å².